The minimum atomic E-state index is -1.13. The summed E-state index contributed by atoms with van der Waals surface area (Å²) in [6.45, 7) is -0.0931. The third kappa shape index (κ3) is 4.06. The molecule has 2 aliphatic heterocycles. The Hall–Kier alpha value is -1.22. The van der Waals surface area contributed by atoms with Gasteiger partial charge in [0.2, 0.25) is 0 Å². The van der Waals surface area contributed by atoms with Crippen molar-refractivity contribution in [2.75, 3.05) is 13.2 Å². The first kappa shape index (κ1) is 20.1. The van der Waals surface area contributed by atoms with Gasteiger partial charge in [-0.05, 0) is 12.1 Å². The summed E-state index contributed by atoms with van der Waals surface area (Å²) in [5.41, 5.74) is 1.21. The van der Waals surface area contributed by atoms with Gasteiger partial charge in [-0.15, -0.1) is 0 Å². The van der Waals surface area contributed by atoms with Crippen LogP contribution in [0.4, 0.5) is 0 Å². The number of aliphatic hydroxyl groups excluding tert-OH is 2. The summed E-state index contributed by atoms with van der Waals surface area (Å²) >= 11 is 12.5. The van der Waals surface area contributed by atoms with Crippen LogP contribution in [0, 0.1) is 0 Å². The van der Waals surface area contributed by atoms with Gasteiger partial charge in [0.25, 0.3) is 0 Å². The molecule has 2 unspecified atom stereocenters. The predicted octanol–water partition coefficient (Wildman–Crippen LogP) is 3.24. The summed E-state index contributed by atoms with van der Waals surface area (Å²) in [6.07, 6.45) is -5.71. The molecule has 2 bridgehead atoms. The van der Waals surface area contributed by atoms with Gasteiger partial charge in [-0.1, -0.05) is 59.6 Å². The summed E-state index contributed by atoms with van der Waals surface area (Å²) in [7, 11) is 0. The second-order valence-electron chi connectivity index (χ2n) is 6.71. The van der Waals surface area contributed by atoms with Crippen molar-refractivity contribution in [3.05, 3.63) is 69.7 Å². The molecular weight excluding hydrogens is 407 g/mol. The maximum Gasteiger partial charge on any atom is 0.185 e. The molecule has 0 radical (unpaired) electrons. The SMILES string of the molecule is O[C@@H]1[C@H]2OC(c3ccccc3Cl)OC[C@@H]1OC(c1ccccc1Cl)OC[C@H]2O. The number of benzene rings is 2. The van der Waals surface area contributed by atoms with Crippen molar-refractivity contribution >= 4 is 23.2 Å². The first-order chi connectivity index (χ1) is 13.5. The topological polar surface area (TPSA) is 77.4 Å². The second kappa shape index (κ2) is 8.65. The molecule has 0 amide bonds. The molecule has 0 saturated carbocycles. The van der Waals surface area contributed by atoms with Crippen LogP contribution in [0.5, 0.6) is 0 Å². The highest BCUT2D eigenvalue weighted by atomic mass is 35.5. The van der Waals surface area contributed by atoms with Crippen LogP contribution in [-0.2, 0) is 18.9 Å². The van der Waals surface area contributed by atoms with Crippen LogP contribution >= 0.6 is 23.2 Å². The Balaban J connectivity index is 1.61. The average Bonchev–Trinajstić information content (AvgIpc) is 2.86. The Morgan fingerprint density at radius 2 is 1.29 bits per heavy atom. The molecule has 150 valence electrons. The van der Waals surface area contributed by atoms with Crippen LogP contribution in [0.25, 0.3) is 0 Å². The molecule has 2 aliphatic rings. The largest absolute Gasteiger partial charge is 0.388 e. The van der Waals surface area contributed by atoms with E-state index in [4.69, 9.17) is 42.1 Å². The summed E-state index contributed by atoms with van der Waals surface area (Å²) in [4.78, 5) is 0. The maximum absolute atomic E-state index is 10.8. The molecule has 2 N–H and O–H groups in total. The van der Waals surface area contributed by atoms with Crippen molar-refractivity contribution in [3.63, 3.8) is 0 Å². The fourth-order valence-electron chi connectivity index (χ4n) is 3.33. The third-order valence-electron chi connectivity index (χ3n) is 4.82. The van der Waals surface area contributed by atoms with E-state index >= 15 is 0 Å². The van der Waals surface area contributed by atoms with Crippen LogP contribution in [0.15, 0.2) is 48.5 Å². The maximum atomic E-state index is 10.8. The molecule has 8 heteroatoms. The zero-order valence-electron chi connectivity index (χ0n) is 14.8. The average molecular weight is 427 g/mol. The van der Waals surface area contributed by atoms with Gasteiger partial charge in [0.1, 0.15) is 24.4 Å². The Morgan fingerprint density at radius 1 is 0.750 bits per heavy atom. The predicted molar refractivity (Wildman–Crippen MR) is 102 cm³/mol. The van der Waals surface area contributed by atoms with E-state index in [1.165, 1.54) is 0 Å². The van der Waals surface area contributed by atoms with E-state index in [1.54, 1.807) is 36.4 Å². The number of halogens is 2. The van der Waals surface area contributed by atoms with Crippen LogP contribution in [0.3, 0.4) is 0 Å². The number of hydrogen-bond donors (Lipinski definition) is 2. The van der Waals surface area contributed by atoms with Gasteiger partial charge in [0.15, 0.2) is 12.6 Å². The van der Waals surface area contributed by atoms with Crippen molar-refractivity contribution in [1.82, 2.24) is 0 Å². The standard InChI is InChI=1S/C20H20Cl2O6/c21-13-7-3-1-5-11(13)19-25-9-15(23)18-17(24)16(27-19)10-26-20(28-18)12-6-2-4-8-14(12)22/h1-8,15-20,23-24H,9-10H2/t15-,16+,17+,18+,19?,20?/m1/s1. The zero-order chi connectivity index (χ0) is 19.7. The lowest BCUT2D eigenvalue weighted by Gasteiger charge is -2.35. The number of hydrogen-bond acceptors (Lipinski definition) is 6. The molecule has 2 saturated heterocycles. The molecule has 6 nitrogen and oxygen atoms in total. The van der Waals surface area contributed by atoms with Gasteiger partial charge < -0.3 is 29.2 Å². The van der Waals surface area contributed by atoms with Gasteiger partial charge in [0, 0.05) is 21.2 Å². The molecule has 0 spiro atoms. The Bertz CT molecular complexity index is 775. The fourth-order valence-corrected chi connectivity index (χ4v) is 3.78. The first-order valence-electron chi connectivity index (χ1n) is 8.93. The van der Waals surface area contributed by atoms with Gasteiger partial charge in [0.05, 0.1) is 13.2 Å². The van der Waals surface area contributed by atoms with E-state index in [1.807, 2.05) is 12.1 Å². The Morgan fingerprint density at radius 3 is 1.89 bits per heavy atom. The molecule has 6 atom stereocenters. The van der Waals surface area contributed by atoms with Gasteiger partial charge in [-0.25, -0.2) is 0 Å². The van der Waals surface area contributed by atoms with Crippen LogP contribution in [0.1, 0.15) is 23.7 Å². The van der Waals surface area contributed by atoms with Crippen LogP contribution in [0.2, 0.25) is 10.0 Å². The van der Waals surface area contributed by atoms with Crippen molar-refractivity contribution in [3.8, 4) is 0 Å². The van der Waals surface area contributed by atoms with E-state index in [0.29, 0.717) is 21.2 Å². The van der Waals surface area contributed by atoms with Crippen LogP contribution < -0.4 is 0 Å². The summed E-state index contributed by atoms with van der Waals surface area (Å²) in [6, 6.07) is 14.2. The van der Waals surface area contributed by atoms with Crippen molar-refractivity contribution in [2.45, 2.75) is 37.0 Å². The summed E-state index contributed by atoms with van der Waals surface area (Å²) < 4.78 is 23.4. The minimum Gasteiger partial charge on any atom is -0.388 e. The van der Waals surface area contributed by atoms with Crippen molar-refractivity contribution in [1.29, 1.82) is 0 Å². The van der Waals surface area contributed by atoms with Crippen LogP contribution in [-0.4, -0.2) is 47.8 Å². The van der Waals surface area contributed by atoms with E-state index in [0.717, 1.165) is 0 Å². The molecule has 28 heavy (non-hydrogen) atoms. The number of fused-ring (bicyclic) bond motifs is 2. The highest BCUT2D eigenvalue weighted by Gasteiger charge is 2.44. The normalized spacial score (nSPS) is 33.6. The highest BCUT2D eigenvalue weighted by molar-refractivity contribution is 6.31. The Labute approximate surface area is 172 Å². The molecular formula is C20H20Cl2O6. The lowest BCUT2D eigenvalue weighted by molar-refractivity contribution is -0.252. The van der Waals surface area contributed by atoms with Gasteiger partial charge in [-0.2, -0.15) is 0 Å². The lowest BCUT2D eigenvalue weighted by atomic mass is 10.0. The minimum absolute atomic E-state index is 0.0184. The third-order valence-corrected chi connectivity index (χ3v) is 5.51. The van der Waals surface area contributed by atoms with E-state index in [9.17, 15) is 10.2 Å². The molecule has 0 aliphatic carbocycles. The molecule has 0 aromatic heterocycles. The number of aliphatic hydroxyl groups is 2. The summed E-state index contributed by atoms with van der Waals surface area (Å²) in [5.74, 6) is 0. The monoisotopic (exact) mass is 426 g/mol. The smallest absolute Gasteiger partial charge is 0.185 e. The molecule has 2 fully saturated rings. The molecule has 4 rings (SSSR count). The molecule has 2 aromatic rings. The lowest BCUT2D eigenvalue weighted by Crippen LogP contribution is -2.50. The zero-order valence-corrected chi connectivity index (χ0v) is 16.3. The van der Waals surface area contributed by atoms with Crippen molar-refractivity contribution < 1.29 is 29.2 Å². The number of rotatable bonds is 2. The highest BCUT2D eigenvalue weighted by Crippen LogP contribution is 2.36. The van der Waals surface area contributed by atoms with E-state index < -0.39 is 37.0 Å². The first-order valence-corrected chi connectivity index (χ1v) is 9.69. The second-order valence-corrected chi connectivity index (χ2v) is 7.52. The Kier molecular flexibility index (Phi) is 6.20. The molecule has 2 heterocycles. The van der Waals surface area contributed by atoms with E-state index in [-0.39, 0.29) is 13.2 Å². The van der Waals surface area contributed by atoms with Crippen molar-refractivity contribution in [2.24, 2.45) is 0 Å². The fraction of sp³-hybridized carbons (Fsp3) is 0.400. The van der Waals surface area contributed by atoms with Gasteiger partial charge >= 0.3 is 0 Å². The number of ether oxygens (including phenoxy) is 4. The molecule has 2 aromatic carbocycles. The summed E-state index contributed by atoms with van der Waals surface area (Å²) in [5, 5.41) is 22.3. The quantitative estimate of drug-likeness (QED) is 0.767. The van der Waals surface area contributed by atoms with E-state index in [2.05, 4.69) is 0 Å². The van der Waals surface area contributed by atoms with Gasteiger partial charge in [-0.3, -0.25) is 0 Å².